The number of aliphatic hydroxyl groups is 3. The third kappa shape index (κ3) is 12.0. The van der Waals surface area contributed by atoms with Crippen molar-refractivity contribution in [3.63, 3.8) is 0 Å². The lowest BCUT2D eigenvalue weighted by atomic mass is 9.46. The average Bonchev–Trinajstić information content (AvgIpc) is 0.847. The third-order valence-electron chi connectivity index (χ3n) is 18.3. The number of Topliss-reactive ketones (excluding diaryl/α,β-unsaturated/α-hetero) is 1. The Kier molecular flexibility index (Phi) is 18.0. The van der Waals surface area contributed by atoms with Gasteiger partial charge in [0.25, 0.3) is 5.91 Å². The first kappa shape index (κ1) is 64.5. The second-order valence-corrected chi connectivity index (χ2v) is 25.6. The van der Waals surface area contributed by atoms with Crippen LogP contribution in [0.15, 0.2) is 71.9 Å². The van der Waals surface area contributed by atoms with E-state index in [4.69, 9.17) is 28.7 Å². The largest absolute Gasteiger partial charge is 0.508 e. The monoisotopic (exact) mass is 1220 g/mol. The van der Waals surface area contributed by atoms with Gasteiger partial charge in [-0.2, -0.15) is 0 Å². The van der Waals surface area contributed by atoms with Gasteiger partial charge >= 0.3 is 24.0 Å². The van der Waals surface area contributed by atoms with E-state index < -0.39 is 118 Å². The van der Waals surface area contributed by atoms with E-state index in [0.717, 1.165) is 0 Å². The Bertz CT molecular complexity index is 3390. The number of amides is 3. The molecule has 2 aliphatic heterocycles. The number of carbonyl (C=O) groups excluding carboxylic acids is 7. The van der Waals surface area contributed by atoms with Gasteiger partial charge in [-0.3, -0.25) is 28.5 Å². The summed E-state index contributed by atoms with van der Waals surface area (Å²) in [6.45, 7) is 19.3. The zero-order valence-corrected chi connectivity index (χ0v) is 51.5. The maximum absolute atomic E-state index is 15.1. The van der Waals surface area contributed by atoms with Gasteiger partial charge in [0.15, 0.2) is 17.2 Å². The number of ketones is 1. The van der Waals surface area contributed by atoms with Crippen molar-refractivity contribution < 1.29 is 82.8 Å². The fourth-order valence-electron chi connectivity index (χ4n) is 13.4. The molecule has 2 bridgehead atoms. The number of anilines is 1. The van der Waals surface area contributed by atoms with Crippen molar-refractivity contribution >= 4 is 47.4 Å². The van der Waals surface area contributed by atoms with Crippen LogP contribution in [0.25, 0.3) is 17.1 Å². The number of benzene rings is 2. The first-order valence-electron chi connectivity index (χ1n) is 29.7. The minimum atomic E-state index is -1.97. The van der Waals surface area contributed by atoms with E-state index in [1.165, 1.54) is 30.7 Å². The minimum Gasteiger partial charge on any atom is -0.508 e. The van der Waals surface area contributed by atoms with Gasteiger partial charge in [-0.05, 0) is 94.4 Å². The van der Waals surface area contributed by atoms with Crippen molar-refractivity contribution in [1.82, 2.24) is 35.3 Å². The van der Waals surface area contributed by atoms with Gasteiger partial charge in [0, 0.05) is 76.3 Å². The fourth-order valence-corrected chi connectivity index (χ4v) is 13.4. The topological polar surface area (TPSA) is 341 Å². The number of alkyl carbamates (subject to hydrolysis) is 1. The Hall–Kier alpha value is -8.00. The number of phenols is 2. The molecule has 3 aliphatic carbocycles. The molecule has 7 unspecified atom stereocenters. The molecule has 5 aliphatic rings. The lowest BCUT2D eigenvalue weighted by molar-refractivity contribution is -0.327. The molecular weight excluding hydrogens is 1140 g/mol. The van der Waals surface area contributed by atoms with Crippen molar-refractivity contribution in [2.45, 2.75) is 168 Å². The molecule has 0 spiro atoms. The number of aliphatic hydroxyl groups excluding tert-OH is 2. The number of phenolic OH excluding ortho intramolecular Hbond substituents is 2. The van der Waals surface area contributed by atoms with Crippen molar-refractivity contribution in [3.05, 3.63) is 88.9 Å². The van der Waals surface area contributed by atoms with E-state index in [9.17, 15) is 54.3 Å². The molecule has 2 aromatic heterocycles. The Balaban J connectivity index is 0.930. The van der Waals surface area contributed by atoms with E-state index in [2.05, 4.69) is 20.8 Å². The summed E-state index contributed by atoms with van der Waals surface area (Å²) in [5.74, 6) is -5.55. The summed E-state index contributed by atoms with van der Waals surface area (Å²) < 4.78 is 31.2. The molecule has 88 heavy (non-hydrogen) atoms. The number of nitrogens with zero attached hydrogens (tertiary/aromatic N) is 6. The summed E-state index contributed by atoms with van der Waals surface area (Å²) >= 11 is 0. The van der Waals surface area contributed by atoms with Crippen molar-refractivity contribution in [2.75, 3.05) is 44.2 Å². The number of rotatable bonds is 16. The second kappa shape index (κ2) is 24.5. The Morgan fingerprint density at radius 1 is 0.909 bits per heavy atom. The third-order valence-corrected chi connectivity index (χ3v) is 18.3. The number of aromatic hydroxyl groups is 2. The molecule has 4 heterocycles. The lowest BCUT2D eigenvalue weighted by Gasteiger charge is -2.65. The summed E-state index contributed by atoms with van der Waals surface area (Å²) in [5.41, 5.74) is -5.85. The molecule has 2 saturated heterocycles. The minimum absolute atomic E-state index is 0.0401. The highest BCUT2D eigenvalue weighted by Crippen LogP contribution is 2.63. The maximum atomic E-state index is 15.1. The fraction of sp³-hybridized carbons (Fsp3) is 0.556. The van der Waals surface area contributed by atoms with E-state index in [-0.39, 0.29) is 96.7 Å². The summed E-state index contributed by atoms with van der Waals surface area (Å²) in [6.07, 6.45) is -8.54. The van der Waals surface area contributed by atoms with Crippen LogP contribution < -0.4 is 15.5 Å². The molecule has 4 fully saturated rings. The van der Waals surface area contributed by atoms with Gasteiger partial charge in [-0.15, -0.1) is 10.2 Å². The van der Waals surface area contributed by atoms with Crippen LogP contribution in [-0.2, 0) is 47.7 Å². The summed E-state index contributed by atoms with van der Waals surface area (Å²) in [7, 11) is 0. The van der Waals surface area contributed by atoms with E-state index in [1.54, 1.807) is 102 Å². The molecule has 7 N–H and O–H groups in total. The average molecular weight is 1220 g/mol. The highest BCUT2D eigenvalue weighted by atomic mass is 16.6. The quantitative estimate of drug-likeness (QED) is 0.0439. The van der Waals surface area contributed by atoms with Crippen LogP contribution in [-0.4, -0.2) is 178 Å². The SMILES string of the molecule is CCNC(=O)c1nnc(-c2cc(C(C)C)c(O)cc2O)n1-c1ccc(N2CCN(C(=O)CCC(=O)OC(C(=O)O[C@H]3CC4(O)CC5C(C)(C(=O)C(O)C(=C3C)C4(C)C)C(O)C[C@H]3OC[C@@]53OC(C)=O)C(NC(=O)OC(C)(C)C)c3ccccc3)CC2)nc1. The number of hydrogen-bond donors (Lipinski definition) is 7. The number of ether oxygens (including phenoxy) is 5. The Morgan fingerprint density at radius 3 is 2.20 bits per heavy atom. The number of hydrogen-bond acceptors (Lipinski definition) is 21. The van der Waals surface area contributed by atoms with Gasteiger partial charge in [0.2, 0.25) is 17.8 Å². The van der Waals surface area contributed by atoms with Crippen LogP contribution in [0.5, 0.6) is 11.5 Å². The molecule has 10 atom stereocenters. The Labute approximate surface area is 509 Å². The van der Waals surface area contributed by atoms with Gasteiger partial charge < -0.3 is 69.7 Å². The van der Waals surface area contributed by atoms with Gasteiger partial charge in [-0.25, -0.2) is 14.6 Å². The normalized spacial score (nSPS) is 26.4. The lowest BCUT2D eigenvalue weighted by Crippen LogP contribution is -2.77. The number of carbonyl (C=O) groups is 7. The number of esters is 3. The first-order valence-corrected chi connectivity index (χ1v) is 29.7. The van der Waals surface area contributed by atoms with Crippen LogP contribution in [0.3, 0.4) is 0 Å². The molecule has 25 heteroatoms. The molecule has 474 valence electrons. The summed E-state index contributed by atoms with van der Waals surface area (Å²) in [4.78, 5) is 106. The standard InChI is InChI=1S/C63H80N8O17/c1-12-64-56(80)55-68-67-54(39-26-38(33(2)3)40(73)27-41(39)74)71(55)37-18-19-46(65-31-37)69-22-24-70(25-23-69)47(76)20-21-48(77)86-52(50(36-16-14-13-15-17-36)66-58(82)88-59(6,7)8)57(81)85-42-29-62(83)30-43-61(11,53(79)51(78)49(34(42)4)60(62,9)10)44(75)28-45-63(43,32-84-45)87-35(5)72/h13-19,26-27,31,33,42-45,50-52,73-75,78,83H,12,20-25,28-30,32H2,1-11H3,(H,64,80)(H,66,82)/t42-,43?,44?,45+,50?,51?,52?,61?,62?,63+/m0/s1. The number of nitrogens with one attached hydrogen (secondary N) is 2. The molecule has 9 rings (SSSR count). The molecule has 2 aromatic carbocycles. The Morgan fingerprint density at radius 2 is 1.60 bits per heavy atom. The number of piperazine rings is 1. The van der Waals surface area contributed by atoms with Crippen LogP contribution >= 0.6 is 0 Å². The van der Waals surface area contributed by atoms with Crippen molar-refractivity contribution in [1.29, 1.82) is 0 Å². The highest BCUT2D eigenvalue weighted by Gasteiger charge is 2.73. The van der Waals surface area contributed by atoms with Crippen LogP contribution in [0, 0.1) is 16.7 Å². The van der Waals surface area contributed by atoms with Gasteiger partial charge in [0.1, 0.15) is 47.3 Å². The predicted molar refractivity (Wildman–Crippen MR) is 314 cm³/mol. The van der Waals surface area contributed by atoms with E-state index in [0.29, 0.717) is 36.7 Å². The highest BCUT2D eigenvalue weighted by molar-refractivity contribution is 5.94. The van der Waals surface area contributed by atoms with Crippen LogP contribution in [0.2, 0.25) is 0 Å². The first-order chi connectivity index (χ1) is 41.3. The van der Waals surface area contributed by atoms with Crippen LogP contribution in [0.4, 0.5) is 10.6 Å². The number of pyridine rings is 1. The summed E-state index contributed by atoms with van der Waals surface area (Å²) in [5, 5.41) is 72.6. The number of fused-ring (bicyclic) bond motifs is 5. The zero-order chi connectivity index (χ0) is 64.2. The maximum Gasteiger partial charge on any atom is 0.408 e. The number of aromatic nitrogens is 4. The summed E-state index contributed by atoms with van der Waals surface area (Å²) in [6, 6.07) is 12.9. The van der Waals surface area contributed by atoms with Gasteiger partial charge in [-0.1, -0.05) is 58.0 Å². The van der Waals surface area contributed by atoms with Crippen molar-refractivity contribution in [2.24, 2.45) is 16.7 Å². The van der Waals surface area contributed by atoms with Gasteiger partial charge in [0.05, 0.1) is 47.6 Å². The molecule has 2 saturated carbocycles. The molecule has 3 amide bonds. The van der Waals surface area contributed by atoms with E-state index in [1.807, 2.05) is 18.7 Å². The smallest absolute Gasteiger partial charge is 0.408 e. The van der Waals surface area contributed by atoms with Crippen LogP contribution in [0.1, 0.15) is 142 Å². The van der Waals surface area contributed by atoms with Crippen molar-refractivity contribution in [3.8, 4) is 28.6 Å². The molecule has 0 radical (unpaired) electrons. The molecule has 25 nitrogen and oxygen atoms in total. The predicted octanol–water partition coefficient (Wildman–Crippen LogP) is 5.03. The van der Waals surface area contributed by atoms with E-state index >= 15 is 4.79 Å². The zero-order valence-electron chi connectivity index (χ0n) is 51.5. The second-order valence-electron chi connectivity index (χ2n) is 25.6. The molecular formula is C63H80N8O17. The molecule has 4 aromatic rings.